The van der Waals surface area contributed by atoms with E-state index in [1.165, 1.54) is 7.05 Å². The third-order valence-corrected chi connectivity index (χ3v) is 5.26. The molecule has 1 fully saturated rings. The number of imide groups is 1. The van der Waals surface area contributed by atoms with Crippen molar-refractivity contribution < 1.29 is 9.59 Å². The van der Waals surface area contributed by atoms with Crippen LogP contribution in [0.25, 0.3) is 6.08 Å². The van der Waals surface area contributed by atoms with E-state index in [1.54, 1.807) is 6.08 Å². The number of carbonyl (C=O) groups excluding carboxylic acids is 2. The molecule has 0 bridgehead atoms. The van der Waals surface area contributed by atoms with Gasteiger partial charge in [0.2, 0.25) is 0 Å². The summed E-state index contributed by atoms with van der Waals surface area (Å²) in [5.74, 6) is -0.238. The molecule has 0 unspecified atom stereocenters. The number of rotatable bonds is 2. The van der Waals surface area contributed by atoms with Crippen LogP contribution >= 0.6 is 56.9 Å². The van der Waals surface area contributed by atoms with Gasteiger partial charge in [0.1, 0.15) is 0 Å². The Bertz CT molecular complexity index is 578. The number of carbonyl (C=O) groups is 2. The molecule has 2 amide bonds. The Morgan fingerprint density at radius 2 is 1.84 bits per heavy atom. The van der Waals surface area contributed by atoms with E-state index in [9.17, 15) is 9.59 Å². The van der Waals surface area contributed by atoms with Gasteiger partial charge in [0.15, 0.2) is 0 Å². The summed E-state index contributed by atoms with van der Waals surface area (Å²) in [5, 5.41) is 2.91. The van der Waals surface area contributed by atoms with Gasteiger partial charge in [0, 0.05) is 21.2 Å². The maximum atomic E-state index is 11.8. The maximum Gasteiger partial charge on any atom is 0.293 e. The van der Waals surface area contributed by atoms with Crippen LogP contribution in [0.2, 0.25) is 0 Å². The lowest BCUT2D eigenvalue weighted by Gasteiger charge is -2.08. The fourth-order valence-corrected chi connectivity index (χ4v) is 4.79. The number of benzene rings is 1. The molecule has 1 aliphatic heterocycles. The average molecular weight is 500 g/mol. The molecule has 1 N–H and O–H groups in total. The Kier molecular flexibility index (Phi) is 4.77. The van der Waals surface area contributed by atoms with Gasteiger partial charge in [-0.1, -0.05) is 0 Å². The highest BCUT2D eigenvalue weighted by Gasteiger charge is 2.31. The number of anilines is 1. The normalized spacial score (nSPS) is 17.5. The van der Waals surface area contributed by atoms with Gasteiger partial charge in [-0.15, -0.1) is 0 Å². The number of hydrogen-bond donors (Lipinski definition) is 1. The fourth-order valence-electron chi connectivity index (χ4n) is 1.61. The molecule has 1 heterocycles. The van der Waals surface area contributed by atoms with Crippen LogP contribution in [0, 0.1) is 7.14 Å². The van der Waals surface area contributed by atoms with Gasteiger partial charge in [-0.25, -0.2) is 0 Å². The first-order valence-electron chi connectivity index (χ1n) is 5.32. The van der Waals surface area contributed by atoms with E-state index in [-0.39, 0.29) is 11.1 Å². The molecule has 0 saturated carbocycles. The molecule has 1 aromatic carbocycles. The summed E-state index contributed by atoms with van der Waals surface area (Å²) in [6.45, 7) is 0. The first-order chi connectivity index (χ1) is 8.93. The zero-order chi connectivity index (χ0) is 14.2. The lowest BCUT2D eigenvalue weighted by Crippen LogP contribution is -2.22. The minimum Gasteiger partial charge on any atom is -0.386 e. The van der Waals surface area contributed by atoms with Crippen molar-refractivity contribution >= 4 is 79.9 Å². The van der Waals surface area contributed by atoms with Gasteiger partial charge in [-0.2, -0.15) is 0 Å². The molecule has 100 valence electrons. The van der Waals surface area contributed by atoms with Crippen LogP contribution in [0.5, 0.6) is 0 Å². The number of hydrogen-bond acceptors (Lipinski definition) is 4. The third kappa shape index (κ3) is 3.07. The highest BCUT2D eigenvalue weighted by atomic mass is 127. The van der Waals surface area contributed by atoms with Crippen LogP contribution in [0.1, 0.15) is 5.56 Å². The Morgan fingerprint density at radius 3 is 2.26 bits per heavy atom. The number of halogens is 2. The number of amides is 2. The molecule has 2 rings (SSSR count). The van der Waals surface area contributed by atoms with Crippen LogP contribution in [0.3, 0.4) is 0 Å². The van der Waals surface area contributed by atoms with E-state index in [0.29, 0.717) is 4.91 Å². The zero-order valence-electron chi connectivity index (χ0n) is 10.2. The smallest absolute Gasteiger partial charge is 0.293 e. The van der Waals surface area contributed by atoms with Crippen molar-refractivity contribution in [1.29, 1.82) is 0 Å². The van der Waals surface area contributed by atoms with Gasteiger partial charge in [0.05, 0.1) is 10.6 Å². The van der Waals surface area contributed by atoms with Crippen LogP contribution in [-0.4, -0.2) is 30.1 Å². The minimum atomic E-state index is -0.238. The van der Waals surface area contributed by atoms with Crippen LogP contribution < -0.4 is 5.32 Å². The predicted octanol–water partition coefficient (Wildman–Crippen LogP) is 3.60. The molecule has 0 radical (unpaired) electrons. The quantitative estimate of drug-likeness (QED) is 0.499. The summed E-state index contributed by atoms with van der Waals surface area (Å²) in [6, 6.07) is 3.97. The standard InChI is InChI=1S/C12H10I2N2O2S/c1-15-10-7(13)3-6(4-8(10)14)5-9-11(17)16(2)12(18)19-9/h3-5,15H,1-2H3/b9-5+. The second-order valence-electron chi connectivity index (χ2n) is 3.85. The Balaban J connectivity index is 2.40. The van der Waals surface area contributed by atoms with Gasteiger partial charge >= 0.3 is 0 Å². The fraction of sp³-hybridized carbons (Fsp3) is 0.167. The molecule has 0 atom stereocenters. The van der Waals surface area contributed by atoms with Gasteiger partial charge < -0.3 is 5.32 Å². The lowest BCUT2D eigenvalue weighted by molar-refractivity contribution is -0.121. The average Bonchev–Trinajstić information content (AvgIpc) is 2.57. The van der Waals surface area contributed by atoms with E-state index in [2.05, 4.69) is 50.5 Å². The second kappa shape index (κ2) is 6.00. The minimum absolute atomic E-state index is 0.229. The summed E-state index contributed by atoms with van der Waals surface area (Å²) in [5.41, 5.74) is 1.99. The summed E-state index contributed by atoms with van der Waals surface area (Å²) in [7, 11) is 3.37. The Morgan fingerprint density at radius 1 is 1.26 bits per heavy atom. The molecule has 19 heavy (non-hydrogen) atoms. The van der Waals surface area contributed by atoms with E-state index < -0.39 is 0 Å². The van der Waals surface area contributed by atoms with Crippen molar-refractivity contribution in [3.63, 3.8) is 0 Å². The van der Waals surface area contributed by atoms with E-state index in [4.69, 9.17) is 0 Å². The summed E-state index contributed by atoms with van der Waals surface area (Å²) >= 11 is 5.47. The molecule has 4 nitrogen and oxygen atoms in total. The van der Waals surface area contributed by atoms with Crippen LogP contribution in [0.4, 0.5) is 10.5 Å². The number of nitrogens with zero attached hydrogens (tertiary/aromatic N) is 1. The first kappa shape index (κ1) is 15.1. The summed E-state index contributed by atoms with van der Waals surface area (Å²) < 4.78 is 2.16. The van der Waals surface area contributed by atoms with E-state index >= 15 is 0 Å². The van der Waals surface area contributed by atoms with Crippen molar-refractivity contribution in [2.75, 3.05) is 19.4 Å². The van der Waals surface area contributed by atoms with Crippen LogP contribution in [-0.2, 0) is 4.79 Å². The molecular formula is C12H10I2N2O2S. The predicted molar refractivity (Wildman–Crippen MR) is 95.2 cm³/mol. The SMILES string of the molecule is CNc1c(I)cc(/C=C2/SC(=O)N(C)C2=O)cc1I. The maximum absolute atomic E-state index is 11.8. The highest BCUT2D eigenvalue weighted by Crippen LogP contribution is 2.33. The van der Waals surface area contributed by atoms with E-state index in [0.717, 1.165) is 35.1 Å². The molecular weight excluding hydrogens is 490 g/mol. The topological polar surface area (TPSA) is 49.4 Å². The van der Waals surface area contributed by atoms with E-state index in [1.807, 2.05) is 19.2 Å². The molecule has 1 aromatic rings. The van der Waals surface area contributed by atoms with Crippen molar-refractivity contribution in [3.05, 3.63) is 29.7 Å². The third-order valence-electron chi connectivity index (χ3n) is 2.60. The lowest BCUT2D eigenvalue weighted by atomic mass is 10.2. The Labute approximate surface area is 142 Å². The van der Waals surface area contributed by atoms with Crippen molar-refractivity contribution in [3.8, 4) is 0 Å². The summed E-state index contributed by atoms with van der Waals surface area (Å²) in [6.07, 6.45) is 1.76. The molecule has 0 aliphatic carbocycles. The van der Waals surface area contributed by atoms with Gasteiger partial charge in [-0.3, -0.25) is 14.5 Å². The van der Waals surface area contributed by atoms with Gasteiger partial charge in [0.25, 0.3) is 11.1 Å². The number of likely N-dealkylation sites (N-methyl/N-ethyl adjacent to an activating group) is 1. The molecule has 1 saturated heterocycles. The van der Waals surface area contributed by atoms with Crippen molar-refractivity contribution in [2.24, 2.45) is 0 Å². The molecule has 0 spiro atoms. The van der Waals surface area contributed by atoms with Gasteiger partial charge in [-0.05, 0) is 80.7 Å². The first-order valence-corrected chi connectivity index (χ1v) is 8.29. The Hall–Kier alpha value is -0.290. The highest BCUT2D eigenvalue weighted by molar-refractivity contribution is 14.1. The molecule has 7 heteroatoms. The number of nitrogens with one attached hydrogen (secondary N) is 1. The molecule has 1 aliphatic rings. The van der Waals surface area contributed by atoms with Crippen molar-refractivity contribution in [2.45, 2.75) is 0 Å². The van der Waals surface area contributed by atoms with Crippen molar-refractivity contribution in [1.82, 2.24) is 4.90 Å². The molecule has 0 aromatic heterocycles. The van der Waals surface area contributed by atoms with Crippen LogP contribution in [0.15, 0.2) is 17.0 Å². The summed E-state index contributed by atoms with van der Waals surface area (Å²) in [4.78, 5) is 24.8. The number of thioether (sulfide) groups is 1. The monoisotopic (exact) mass is 500 g/mol. The zero-order valence-corrected chi connectivity index (χ0v) is 15.3. The second-order valence-corrected chi connectivity index (χ2v) is 7.17. The largest absolute Gasteiger partial charge is 0.386 e.